The summed E-state index contributed by atoms with van der Waals surface area (Å²) in [6, 6.07) is 3.72. The molecule has 9 nitrogen and oxygen atoms in total. The number of nitrogens with zero attached hydrogens (tertiary/aromatic N) is 6. The summed E-state index contributed by atoms with van der Waals surface area (Å²) in [4.78, 5) is 45.2. The number of carbonyl (C=O) groups excluding carboxylic acids is 1. The molecule has 1 fully saturated rings. The van der Waals surface area contributed by atoms with E-state index in [0.717, 1.165) is 23.5 Å². The normalized spacial score (nSPS) is 17.5. The molecule has 11 heteroatoms. The lowest BCUT2D eigenvalue weighted by atomic mass is 9.92. The largest absolute Gasteiger partial charge is 0.478 e. The Morgan fingerprint density at radius 1 is 0.927 bits per heavy atom. The van der Waals surface area contributed by atoms with Crippen molar-refractivity contribution < 1.29 is 23.5 Å². The molecular weight excluding hydrogens is 530 g/mol. The van der Waals surface area contributed by atoms with Gasteiger partial charge in [0.1, 0.15) is 11.5 Å². The number of piperazine rings is 1. The third-order valence-electron chi connectivity index (χ3n) is 8.21. The molecule has 2 aromatic heterocycles. The van der Waals surface area contributed by atoms with Gasteiger partial charge in [-0.2, -0.15) is 0 Å². The van der Waals surface area contributed by atoms with Gasteiger partial charge in [-0.15, -0.1) is 0 Å². The summed E-state index contributed by atoms with van der Waals surface area (Å²) in [6.45, 7) is 15.2. The van der Waals surface area contributed by atoms with Crippen LogP contribution in [0.2, 0.25) is 0 Å². The minimum Gasteiger partial charge on any atom is -0.478 e. The molecule has 0 saturated carbocycles. The van der Waals surface area contributed by atoms with Gasteiger partial charge in [0.25, 0.3) is 5.91 Å². The van der Waals surface area contributed by atoms with Crippen LogP contribution in [0.3, 0.4) is 0 Å². The van der Waals surface area contributed by atoms with E-state index in [1.54, 1.807) is 23.6 Å². The quantitative estimate of drug-likeness (QED) is 0.475. The number of pyridine rings is 1. The molecule has 0 aliphatic carbocycles. The molecule has 3 aromatic rings. The van der Waals surface area contributed by atoms with Gasteiger partial charge in [-0.1, -0.05) is 13.8 Å². The van der Waals surface area contributed by atoms with Crippen LogP contribution in [0.5, 0.6) is 0 Å². The van der Waals surface area contributed by atoms with Gasteiger partial charge >= 0.3 is 5.97 Å². The number of halogens is 2. The van der Waals surface area contributed by atoms with Gasteiger partial charge in [0, 0.05) is 43.3 Å². The van der Waals surface area contributed by atoms with Gasteiger partial charge in [0.15, 0.2) is 17.5 Å². The molecule has 0 unspecified atom stereocenters. The number of aromatic carboxylic acids is 1. The molecule has 1 N–H and O–H groups in total. The van der Waals surface area contributed by atoms with Crippen LogP contribution in [0.1, 0.15) is 71.1 Å². The number of hydrogen-bond acceptors (Lipinski definition) is 7. The highest BCUT2D eigenvalue weighted by atomic mass is 19.2. The number of carboxylic acids is 1. The van der Waals surface area contributed by atoms with E-state index in [-0.39, 0.29) is 17.2 Å². The Morgan fingerprint density at radius 3 is 2.27 bits per heavy atom. The van der Waals surface area contributed by atoms with Crippen molar-refractivity contribution in [1.29, 1.82) is 0 Å². The number of amides is 1. The van der Waals surface area contributed by atoms with Crippen LogP contribution in [0, 0.1) is 32.4 Å². The number of aromatic nitrogens is 3. The van der Waals surface area contributed by atoms with Gasteiger partial charge in [-0.05, 0) is 57.9 Å². The van der Waals surface area contributed by atoms with Crippen molar-refractivity contribution in [3.05, 3.63) is 69.8 Å². The Kier molecular flexibility index (Phi) is 6.74. The first-order chi connectivity index (χ1) is 19.1. The fourth-order valence-corrected chi connectivity index (χ4v) is 5.95. The van der Waals surface area contributed by atoms with Gasteiger partial charge in [0.05, 0.1) is 28.7 Å². The van der Waals surface area contributed by atoms with Gasteiger partial charge in [-0.3, -0.25) is 4.79 Å². The van der Waals surface area contributed by atoms with Crippen LogP contribution in [0.15, 0.2) is 24.4 Å². The van der Waals surface area contributed by atoms with Crippen LogP contribution in [0.4, 0.5) is 26.1 Å². The first-order valence-corrected chi connectivity index (χ1v) is 13.5. The smallest absolute Gasteiger partial charge is 0.337 e. The molecule has 5 rings (SSSR count). The molecular formula is C30H34F2N6O3. The molecule has 0 radical (unpaired) electrons. The summed E-state index contributed by atoms with van der Waals surface area (Å²) < 4.78 is 27.5. The second-order valence-corrected chi connectivity index (χ2v) is 12.1. The lowest BCUT2D eigenvalue weighted by molar-refractivity contribution is 0.0505. The second-order valence-electron chi connectivity index (χ2n) is 12.1. The molecule has 0 bridgehead atoms. The minimum absolute atomic E-state index is 0.220. The maximum atomic E-state index is 14.0. The van der Waals surface area contributed by atoms with Crippen molar-refractivity contribution in [2.75, 3.05) is 36.0 Å². The van der Waals surface area contributed by atoms with Crippen molar-refractivity contribution in [3.63, 3.8) is 0 Å². The standard InChI is InChI=1S/C30H34F2N6O3/c1-16-17(2)25(34-18(3)23(16)28(40)41)36-10-11-38(30(6,7)15-36)27(39)22-13-33-26-24(35-22)29(4,5)14-37(26)19-8-9-20(31)21(32)12-19/h8-9,12-13H,10-11,14-15H2,1-7H3,(H,40,41). The van der Waals surface area contributed by atoms with Crippen molar-refractivity contribution in [3.8, 4) is 0 Å². The fourth-order valence-electron chi connectivity index (χ4n) is 5.95. The number of hydrogen-bond donors (Lipinski definition) is 1. The van der Waals surface area contributed by atoms with E-state index in [9.17, 15) is 23.5 Å². The first kappa shape index (κ1) is 28.4. The Hall–Kier alpha value is -4.15. The zero-order chi connectivity index (χ0) is 30.0. The van der Waals surface area contributed by atoms with Gasteiger partial charge < -0.3 is 19.8 Å². The number of rotatable bonds is 4. The SMILES string of the molecule is Cc1nc(N2CCN(C(=O)c3cnc4c(n3)C(C)(C)CN4c3ccc(F)c(F)c3)C(C)(C)C2)c(C)c(C)c1C(=O)O. The maximum absolute atomic E-state index is 14.0. The lowest BCUT2D eigenvalue weighted by Crippen LogP contribution is -2.61. The molecule has 0 spiro atoms. The predicted molar refractivity (Wildman–Crippen MR) is 151 cm³/mol. The van der Waals surface area contributed by atoms with E-state index in [0.29, 0.717) is 54.6 Å². The Bertz CT molecular complexity index is 1590. The van der Waals surface area contributed by atoms with Crippen LogP contribution in [-0.4, -0.2) is 68.6 Å². The topological polar surface area (TPSA) is 103 Å². The Morgan fingerprint density at radius 2 is 1.63 bits per heavy atom. The third-order valence-corrected chi connectivity index (χ3v) is 8.21. The fraction of sp³-hybridized carbons (Fsp3) is 0.433. The third kappa shape index (κ3) is 4.76. The summed E-state index contributed by atoms with van der Waals surface area (Å²) in [5, 5.41) is 9.60. The van der Waals surface area contributed by atoms with Crippen LogP contribution in [0.25, 0.3) is 0 Å². The van der Waals surface area contributed by atoms with Crippen LogP contribution in [-0.2, 0) is 5.41 Å². The van der Waals surface area contributed by atoms with Crippen molar-refractivity contribution in [1.82, 2.24) is 19.9 Å². The van der Waals surface area contributed by atoms with E-state index < -0.39 is 28.6 Å². The van der Waals surface area contributed by atoms with Crippen molar-refractivity contribution >= 4 is 29.2 Å². The summed E-state index contributed by atoms with van der Waals surface area (Å²) in [5.41, 5.74) is 2.40. The zero-order valence-electron chi connectivity index (χ0n) is 24.3. The summed E-state index contributed by atoms with van der Waals surface area (Å²) in [5.74, 6) is -1.87. The van der Waals surface area contributed by atoms with E-state index in [2.05, 4.69) is 14.9 Å². The summed E-state index contributed by atoms with van der Waals surface area (Å²) in [7, 11) is 0. The summed E-state index contributed by atoms with van der Waals surface area (Å²) in [6.07, 6.45) is 1.45. The summed E-state index contributed by atoms with van der Waals surface area (Å²) >= 11 is 0. The number of benzene rings is 1. The molecule has 1 amide bonds. The van der Waals surface area contributed by atoms with Gasteiger partial charge in [0.2, 0.25) is 0 Å². The zero-order valence-corrected chi connectivity index (χ0v) is 24.3. The van der Waals surface area contributed by atoms with Crippen molar-refractivity contribution in [2.24, 2.45) is 0 Å². The monoisotopic (exact) mass is 564 g/mol. The van der Waals surface area contributed by atoms with E-state index in [1.165, 1.54) is 12.3 Å². The number of anilines is 3. The lowest BCUT2D eigenvalue weighted by Gasteiger charge is -2.47. The van der Waals surface area contributed by atoms with E-state index in [1.807, 2.05) is 34.6 Å². The van der Waals surface area contributed by atoms with Crippen LogP contribution >= 0.6 is 0 Å². The molecule has 1 saturated heterocycles. The van der Waals surface area contributed by atoms with E-state index >= 15 is 0 Å². The molecule has 2 aliphatic rings. The number of carboxylic acid groups (broad SMARTS) is 1. The molecule has 4 heterocycles. The van der Waals surface area contributed by atoms with Crippen molar-refractivity contribution in [2.45, 2.75) is 59.4 Å². The number of aryl methyl sites for hydroxylation is 1. The highest BCUT2D eigenvalue weighted by molar-refractivity contribution is 5.93. The Balaban J connectivity index is 1.41. The van der Waals surface area contributed by atoms with E-state index in [4.69, 9.17) is 4.98 Å². The molecule has 1 aromatic carbocycles. The van der Waals surface area contributed by atoms with Gasteiger partial charge in [-0.25, -0.2) is 28.5 Å². The predicted octanol–water partition coefficient (Wildman–Crippen LogP) is 4.94. The molecule has 0 atom stereocenters. The maximum Gasteiger partial charge on any atom is 0.337 e. The Labute approximate surface area is 237 Å². The average molecular weight is 565 g/mol. The first-order valence-electron chi connectivity index (χ1n) is 13.5. The van der Waals surface area contributed by atoms with Crippen LogP contribution < -0.4 is 9.80 Å². The number of carbonyl (C=O) groups is 2. The highest BCUT2D eigenvalue weighted by Gasteiger charge is 2.42. The molecule has 216 valence electrons. The molecule has 41 heavy (non-hydrogen) atoms. The average Bonchev–Trinajstić information content (AvgIpc) is 3.16. The second kappa shape index (κ2) is 9.74. The highest BCUT2D eigenvalue weighted by Crippen LogP contribution is 2.42. The minimum atomic E-state index is -0.996. The number of fused-ring (bicyclic) bond motifs is 1. The molecule has 2 aliphatic heterocycles.